The van der Waals surface area contributed by atoms with E-state index in [1.165, 1.54) is 5.56 Å². The first-order valence-corrected chi connectivity index (χ1v) is 10.4. The monoisotopic (exact) mass is 402 g/mol. The van der Waals surface area contributed by atoms with E-state index in [0.29, 0.717) is 35.8 Å². The third-order valence-electron chi connectivity index (χ3n) is 5.97. The number of carbonyl (C=O) groups is 2. The summed E-state index contributed by atoms with van der Waals surface area (Å²) < 4.78 is 0. The molecule has 2 aliphatic rings. The maximum Gasteiger partial charge on any atom is 0.254 e. The van der Waals surface area contributed by atoms with Gasteiger partial charge in [0, 0.05) is 49.9 Å². The van der Waals surface area contributed by atoms with Crippen LogP contribution in [0.5, 0.6) is 0 Å². The summed E-state index contributed by atoms with van der Waals surface area (Å²) >= 11 is 0. The van der Waals surface area contributed by atoms with E-state index >= 15 is 0 Å². The number of carbonyl (C=O) groups excluding carboxylic acids is 2. The van der Waals surface area contributed by atoms with Crippen LogP contribution >= 0.6 is 0 Å². The number of amides is 2. The van der Waals surface area contributed by atoms with Crippen molar-refractivity contribution in [3.8, 4) is 6.07 Å². The number of nitrogens with one attached hydrogen (secondary N) is 1. The van der Waals surface area contributed by atoms with Crippen LogP contribution < -0.4 is 5.32 Å². The Labute approximate surface area is 177 Å². The van der Waals surface area contributed by atoms with E-state index in [0.717, 1.165) is 26.1 Å². The fourth-order valence-electron chi connectivity index (χ4n) is 3.89. The first-order valence-electron chi connectivity index (χ1n) is 10.4. The maximum atomic E-state index is 12.9. The second-order valence-corrected chi connectivity index (χ2v) is 8.27. The number of hydrogen-bond donors (Lipinski definition) is 1. The standard InChI is InChI=1S/C24H26N4O2/c1-17-13-22(17)23(29)26-21-4-2-3-20(14-21)24(30)28-11-9-27(10-12-28)16-19-7-5-18(15-25)6-8-19/h2-8,14,17,22H,9-13,16H2,1H3,(H,26,29). The van der Waals surface area contributed by atoms with Crippen LogP contribution in [-0.4, -0.2) is 47.8 Å². The van der Waals surface area contributed by atoms with E-state index in [2.05, 4.69) is 23.2 Å². The molecule has 1 aliphatic carbocycles. The third-order valence-corrected chi connectivity index (χ3v) is 5.97. The first kappa shape index (κ1) is 20.1. The molecule has 1 aliphatic heterocycles. The third kappa shape index (κ3) is 4.69. The summed E-state index contributed by atoms with van der Waals surface area (Å²) in [4.78, 5) is 29.3. The summed E-state index contributed by atoms with van der Waals surface area (Å²) in [7, 11) is 0. The van der Waals surface area contributed by atoms with Gasteiger partial charge in [0.2, 0.25) is 5.91 Å². The summed E-state index contributed by atoms with van der Waals surface area (Å²) in [5.41, 5.74) is 3.13. The number of nitrogens with zero attached hydrogens (tertiary/aromatic N) is 3. The average Bonchev–Trinajstić information content (AvgIpc) is 3.51. The van der Waals surface area contributed by atoms with E-state index in [4.69, 9.17) is 5.26 Å². The van der Waals surface area contributed by atoms with E-state index < -0.39 is 0 Å². The van der Waals surface area contributed by atoms with Gasteiger partial charge in [-0.15, -0.1) is 0 Å². The molecule has 6 heteroatoms. The molecule has 2 amide bonds. The molecular weight excluding hydrogens is 376 g/mol. The van der Waals surface area contributed by atoms with Gasteiger partial charge in [-0.2, -0.15) is 5.26 Å². The average molecular weight is 402 g/mol. The summed E-state index contributed by atoms with van der Waals surface area (Å²) in [6.07, 6.45) is 0.942. The van der Waals surface area contributed by atoms with Crippen molar-refractivity contribution in [1.29, 1.82) is 5.26 Å². The maximum absolute atomic E-state index is 12.9. The fraction of sp³-hybridized carbons (Fsp3) is 0.375. The Bertz CT molecular complexity index is 971. The largest absolute Gasteiger partial charge is 0.336 e. The molecule has 1 saturated heterocycles. The SMILES string of the molecule is CC1CC1C(=O)Nc1cccc(C(=O)N2CCN(Cc3ccc(C#N)cc3)CC2)c1. The van der Waals surface area contributed by atoms with Gasteiger partial charge >= 0.3 is 0 Å². The zero-order valence-corrected chi connectivity index (χ0v) is 17.2. The van der Waals surface area contributed by atoms with E-state index in [1.54, 1.807) is 12.1 Å². The minimum atomic E-state index is 0.00362. The van der Waals surface area contributed by atoms with Crippen molar-refractivity contribution in [2.45, 2.75) is 19.9 Å². The molecule has 0 aromatic heterocycles. The molecule has 1 saturated carbocycles. The number of anilines is 1. The number of hydrogen-bond acceptors (Lipinski definition) is 4. The fourth-order valence-corrected chi connectivity index (χ4v) is 3.89. The quantitative estimate of drug-likeness (QED) is 0.834. The van der Waals surface area contributed by atoms with Gasteiger partial charge in [-0.25, -0.2) is 0 Å². The van der Waals surface area contributed by atoms with Crippen molar-refractivity contribution in [3.63, 3.8) is 0 Å². The predicted octanol–water partition coefficient (Wildman–Crippen LogP) is 3.11. The summed E-state index contributed by atoms with van der Waals surface area (Å²) in [6, 6.07) is 17.0. The van der Waals surface area contributed by atoms with Crippen molar-refractivity contribution in [1.82, 2.24) is 9.80 Å². The molecular formula is C24H26N4O2. The van der Waals surface area contributed by atoms with Crippen molar-refractivity contribution in [3.05, 3.63) is 65.2 Å². The summed E-state index contributed by atoms with van der Waals surface area (Å²) in [5.74, 6) is 0.608. The molecule has 0 spiro atoms. The van der Waals surface area contributed by atoms with Gasteiger partial charge in [-0.1, -0.05) is 25.1 Å². The molecule has 2 aromatic carbocycles. The minimum absolute atomic E-state index is 0.00362. The molecule has 1 heterocycles. The van der Waals surface area contributed by atoms with Gasteiger partial charge < -0.3 is 10.2 Å². The van der Waals surface area contributed by atoms with Gasteiger partial charge in [-0.3, -0.25) is 14.5 Å². The molecule has 154 valence electrons. The zero-order chi connectivity index (χ0) is 21.1. The Morgan fingerprint density at radius 1 is 1.10 bits per heavy atom. The molecule has 30 heavy (non-hydrogen) atoms. The predicted molar refractivity (Wildman–Crippen MR) is 115 cm³/mol. The lowest BCUT2D eigenvalue weighted by Crippen LogP contribution is -2.48. The summed E-state index contributed by atoms with van der Waals surface area (Å²) in [5, 5.41) is 11.8. The molecule has 4 rings (SSSR count). The Morgan fingerprint density at radius 2 is 1.80 bits per heavy atom. The van der Waals surface area contributed by atoms with Crippen LogP contribution in [0.4, 0.5) is 5.69 Å². The normalized spacial score (nSPS) is 21.0. The molecule has 2 atom stereocenters. The van der Waals surface area contributed by atoms with Gasteiger partial charge in [0.25, 0.3) is 5.91 Å². The Kier molecular flexibility index (Phi) is 5.82. The lowest BCUT2D eigenvalue weighted by atomic mass is 10.1. The molecule has 1 N–H and O–H groups in total. The molecule has 0 bridgehead atoms. The van der Waals surface area contributed by atoms with Crippen LogP contribution in [0.25, 0.3) is 0 Å². The lowest BCUT2D eigenvalue weighted by Gasteiger charge is -2.34. The Balaban J connectivity index is 1.31. The smallest absolute Gasteiger partial charge is 0.254 e. The Morgan fingerprint density at radius 3 is 2.43 bits per heavy atom. The number of piperazine rings is 1. The second kappa shape index (κ2) is 8.68. The topological polar surface area (TPSA) is 76.4 Å². The van der Waals surface area contributed by atoms with Crippen LogP contribution in [0, 0.1) is 23.2 Å². The van der Waals surface area contributed by atoms with Gasteiger partial charge in [-0.05, 0) is 48.2 Å². The zero-order valence-electron chi connectivity index (χ0n) is 17.2. The Hall–Kier alpha value is -3.17. The highest BCUT2D eigenvalue weighted by Crippen LogP contribution is 2.38. The highest BCUT2D eigenvalue weighted by Gasteiger charge is 2.39. The van der Waals surface area contributed by atoms with Crippen LogP contribution in [0.15, 0.2) is 48.5 Å². The van der Waals surface area contributed by atoms with E-state index in [-0.39, 0.29) is 17.7 Å². The van der Waals surface area contributed by atoms with Gasteiger partial charge in [0.05, 0.1) is 11.6 Å². The van der Waals surface area contributed by atoms with Crippen molar-refractivity contribution in [2.24, 2.45) is 11.8 Å². The van der Waals surface area contributed by atoms with Crippen LogP contribution in [0.1, 0.15) is 34.8 Å². The lowest BCUT2D eigenvalue weighted by molar-refractivity contribution is -0.117. The van der Waals surface area contributed by atoms with Crippen LogP contribution in [0.3, 0.4) is 0 Å². The molecule has 2 aromatic rings. The van der Waals surface area contributed by atoms with E-state index in [1.807, 2.05) is 41.3 Å². The molecule has 0 radical (unpaired) electrons. The molecule has 2 unspecified atom stereocenters. The van der Waals surface area contributed by atoms with E-state index in [9.17, 15) is 9.59 Å². The number of nitriles is 1. The molecule has 6 nitrogen and oxygen atoms in total. The minimum Gasteiger partial charge on any atom is -0.336 e. The van der Waals surface area contributed by atoms with Crippen molar-refractivity contribution < 1.29 is 9.59 Å². The second-order valence-electron chi connectivity index (χ2n) is 8.27. The van der Waals surface area contributed by atoms with Crippen LogP contribution in [0.2, 0.25) is 0 Å². The number of rotatable bonds is 5. The highest BCUT2D eigenvalue weighted by molar-refractivity contribution is 5.98. The van der Waals surface area contributed by atoms with Gasteiger partial charge in [0.1, 0.15) is 0 Å². The van der Waals surface area contributed by atoms with Crippen LogP contribution in [-0.2, 0) is 11.3 Å². The molecule has 2 fully saturated rings. The summed E-state index contributed by atoms with van der Waals surface area (Å²) in [6.45, 7) is 5.85. The first-order chi connectivity index (χ1) is 14.5. The number of benzene rings is 2. The van der Waals surface area contributed by atoms with Gasteiger partial charge in [0.15, 0.2) is 0 Å². The van der Waals surface area contributed by atoms with Crippen molar-refractivity contribution >= 4 is 17.5 Å². The highest BCUT2D eigenvalue weighted by atomic mass is 16.2. The van der Waals surface area contributed by atoms with Crippen molar-refractivity contribution in [2.75, 3.05) is 31.5 Å².